The zero-order valence-electron chi connectivity index (χ0n) is 6.15. The van der Waals surface area contributed by atoms with Gasteiger partial charge < -0.3 is 0 Å². The molecule has 0 aromatic carbocycles. The molecule has 0 radical (unpaired) electrons. The monoisotopic (exact) mass is 175 g/mol. The summed E-state index contributed by atoms with van der Waals surface area (Å²) in [5, 5.41) is 1.14. The molecule has 0 saturated carbocycles. The summed E-state index contributed by atoms with van der Waals surface area (Å²) >= 11 is 7.32. The van der Waals surface area contributed by atoms with Crippen molar-refractivity contribution in [2.75, 3.05) is 5.88 Å². The topological polar surface area (TPSA) is 12.9 Å². The van der Waals surface area contributed by atoms with Crippen LogP contribution >= 0.6 is 22.9 Å². The maximum atomic E-state index is 5.58. The van der Waals surface area contributed by atoms with Gasteiger partial charge in [-0.2, -0.15) is 0 Å². The predicted molar refractivity (Wildman–Crippen MR) is 46.0 cm³/mol. The largest absolute Gasteiger partial charge is 0.246 e. The van der Waals surface area contributed by atoms with E-state index in [4.69, 9.17) is 11.6 Å². The third-order valence-corrected chi connectivity index (χ3v) is 2.45. The van der Waals surface area contributed by atoms with Crippen molar-refractivity contribution in [3.63, 3.8) is 0 Å². The molecule has 1 rings (SSSR count). The number of aromatic nitrogens is 1. The first kappa shape index (κ1) is 8.02. The highest BCUT2D eigenvalue weighted by atomic mass is 35.5. The molecule has 0 bridgehead atoms. The van der Waals surface area contributed by atoms with E-state index in [0.717, 1.165) is 17.1 Å². The van der Waals surface area contributed by atoms with Crippen molar-refractivity contribution >= 4 is 22.9 Å². The Labute approximate surface area is 70.1 Å². The molecule has 0 fully saturated rings. The Morgan fingerprint density at radius 3 is 2.60 bits per heavy atom. The molecule has 3 heteroatoms. The number of alkyl halides is 1. The first-order chi connectivity index (χ1) is 4.74. The summed E-state index contributed by atoms with van der Waals surface area (Å²) in [6.45, 7) is 4.11. The van der Waals surface area contributed by atoms with E-state index >= 15 is 0 Å². The second kappa shape index (κ2) is 3.35. The molecule has 1 heterocycles. The molecule has 10 heavy (non-hydrogen) atoms. The predicted octanol–water partition coefficient (Wildman–Crippen LogP) is 2.54. The number of hydrogen-bond acceptors (Lipinski definition) is 2. The van der Waals surface area contributed by atoms with E-state index in [0.29, 0.717) is 5.88 Å². The smallest absolute Gasteiger partial charge is 0.0900 e. The third kappa shape index (κ3) is 1.70. The normalized spacial score (nSPS) is 10.3. The number of nitrogens with zero attached hydrogens (tertiary/aromatic N) is 1. The van der Waals surface area contributed by atoms with Crippen molar-refractivity contribution in [2.45, 2.75) is 20.3 Å². The molecule has 0 saturated heterocycles. The molecule has 0 amide bonds. The van der Waals surface area contributed by atoms with Crippen LogP contribution in [-0.4, -0.2) is 10.9 Å². The summed E-state index contributed by atoms with van der Waals surface area (Å²) in [5.74, 6) is 0.671. The zero-order chi connectivity index (χ0) is 7.56. The fourth-order valence-electron chi connectivity index (χ4n) is 0.894. The van der Waals surface area contributed by atoms with Crippen molar-refractivity contribution < 1.29 is 0 Å². The molecular weight excluding hydrogens is 166 g/mol. The fraction of sp³-hybridized carbons (Fsp3) is 0.571. The van der Waals surface area contributed by atoms with Gasteiger partial charge in [-0.3, -0.25) is 0 Å². The first-order valence-corrected chi connectivity index (χ1v) is 4.58. The molecule has 1 aromatic rings. The summed E-state index contributed by atoms with van der Waals surface area (Å²) in [6.07, 6.45) is 0.901. The average Bonchev–Trinajstić information content (AvgIpc) is 2.13. The molecule has 0 spiro atoms. The molecule has 0 aliphatic rings. The lowest BCUT2D eigenvalue weighted by Crippen LogP contribution is -1.87. The summed E-state index contributed by atoms with van der Waals surface area (Å²) in [4.78, 5) is 5.64. The lowest BCUT2D eigenvalue weighted by molar-refractivity contribution is 1.03. The van der Waals surface area contributed by atoms with E-state index < -0.39 is 0 Å². The van der Waals surface area contributed by atoms with Crippen LogP contribution in [0.4, 0.5) is 0 Å². The van der Waals surface area contributed by atoms with Crippen LogP contribution in [0.15, 0.2) is 0 Å². The van der Waals surface area contributed by atoms with Crippen molar-refractivity contribution in [1.82, 2.24) is 4.98 Å². The van der Waals surface area contributed by atoms with E-state index in [1.807, 2.05) is 6.92 Å². The molecule has 56 valence electrons. The van der Waals surface area contributed by atoms with E-state index in [1.165, 1.54) is 4.88 Å². The minimum absolute atomic E-state index is 0.671. The Balaban J connectivity index is 2.81. The van der Waals surface area contributed by atoms with Crippen molar-refractivity contribution in [2.24, 2.45) is 0 Å². The quantitative estimate of drug-likeness (QED) is 0.630. The van der Waals surface area contributed by atoms with Crippen LogP contribution in [0.2, 0.25) is 0 Å². The maximum Gasteiger partial charge on any atom is 0.0900 e. The first-order valence-electron chi connectivity index (χ1n) is 3.23. The zero-order valence-corrected chi connectivity index (χ0v) is 7.72. The van der Waals surface area contributed by atoms with Gasteiger partial charge in [0.05, 0.1) is 10.7 Å². The van der Waals surface area contributed by atoms with Gasteiger partial charge in [-0.1, -0.05) is 0 Å². The highest BCUT2D eigenvalue weighted by Gasteiger charge is 2.02. The number of halogens is 1. The molecule has 1 nitrogen and oxygen atoms in total. The minimum Gasteiger partial charge on any atom is -0.246 e. The number of hydrogen-bond donors (Lipinski definition) is 0. The summed E-state index contributed by atoms with van der Waals surface area (Å²) in [7, 11) is 0. The molecule has 1 aromatic heterocycles. The van der Waals surface area contributed by atoms with Gasteiger partial charge in [-0.15, -0.1) is 22.9 Å². The van der Waals surface area contributed by atoms with Gasteiger partial charge in [0.2, 0.25) is 0 Å². The van der Waals surface area contributed by atoms with Gasteiger partial charge in [0.1, 0.15) is 0 Å². The van der Waals surface area contributed by atoms with Crippen LogP contribution < -0.4 is 0 Å². The van der Waals surface area contributed by atoms with Gasteiger partial charge in [0, 0.05) is 17.2 Å². The lowest BCUT2D eigenvalue weighted by Gasteiger charge is -1.89. The second-order valence-corrected chi connectivity index (χ2v) is 3.96. The highest BCUT2D eigenvalue weighted by molar-refractivity contribution is 7.11. The summed E-state index contributed by atoms with van der Waals surface area (Å²) in [5.41, 5.74) is 1.16. The maximum absolute atomic E-state index is 5.58. The van der Waals surface area contributed by atoms with Gasteiger partial charge >= 0.3 is 0 Å². The number of thiazole rings is 1. The molecule has 0 aliphatic heterocycles. The van der Waals surface area contributed by atoms with Crippen LogP contribution in [0.1, 0.15) is 15.6 Å². The van der Waals surface area contributed by atoms with Gasteiger partial charge in [-0.25, -0.2) is 4.98 Å². The van der Waals surface area contributed by atoms with Crippen LogP contribution in [0.3, 0.4) is 0 Å². The van der Waals surface area contributed by atoms with Crippen LogP contribution in [0.25, 0.3) is 0 Å². The summed E-state index contributed by atoms with van der Waals surface area (Å²) in [6, 6.07) is 0. The van der Waals surface area contributed by atoms with E-state index in [1.54, 1.807) is 11.3 Å². The molecular formula is C7H10ClNS. The Hall–Kier alpha value is -0.0800. The van der Waals surface area contributed by atoms with Gasteiger partial charge in [0.25, 0.3) is 0 Å². The van der Waals surface area contributed by atoms with Gasteiger partial charge in [-0.05, 0) is 13.8 Å². The van der Waals surface area contributed by atoms with E-state index in [-0.39, 0.29) is 0 Å². The SMILES string of the molecule is Cc1nc(CCCl)c(C)s1. The minimum atomic E-state index is 0.671. The molecule has 0 unspecified atom stereocenters. The molecule has 0 atom stereocenters. The van der Waals surface area contributed by atoms with Crippen LogP contribution in [0, 0.1) is 13.8 Å². The Bertz CT molecular complexity index is 219. The van der Waals surface area contributed by atoms with E-state index in [9.17, 15) is 0 Å². The molecule has 0 aliphatic carbocycles. The van der Waals surface area contributed by atoms with Crippen molar-refractivity contribution in [3.05, 3.63) is 15.6 Å². The van der Waals surface area contributed by atoms with E-state index in [2.05, 4.69) is 11.9 Å². The Morgan fingerprint density at radius 2 is 2.20 bits per heavy atom. The van der Waals surface area contributed by atoms with Crippen molar-refractivity contribution in [3.8, 4) is 0 Å². The Kier molecular flexibility index (Phi) is 2.69. The average molecular weight is 176 g/mol. The second-order valence-electron chi connectivity index (χ2n) is 2.17. The Morgan fingerprint density at radius 1 is 1.50 bits per heavy atom. The standard InChI is InChI=1S/C7H10ClNS/c1-5-7(3-4-8)9-6(2)10-5/h3-4H2,1-2H3. The lowest BCUT2D eigenvalue weighted by atomic mass is 10.3. The summed E-state index contributed by atoms with van der Waals surface area (Å²) < 4.78 is 0. The number of rotatable bonds is 2. The van der Waals surface area contributed by atoms with Gasteiger partial charge in [0.15, 0.2) is 0 Å². The van der Waals surface area contributed by atoms with Crippen LogP contribution in [-0.2, 0) is 6.42 Å². The highest BCUT2D eigenvalue weighted by Crippen LogP contribution is 2.16. The number of aryl methyl sites for hydroxylation is 3. The van der Waals surface area contributed by atoms with Crippen LogP contribution in [0.5, 0.6) is 0 Å². The molecule has 0 N–H and O–H groups in total. The fourth-order valence-corrected chi connectivity index (χ4v) is 1.94. The van der Waals surface area contributed by atoms with Crippen molar-refractivity contribution in [1.29, 1.82) is 0 Å². The third-order valence-electron chi connectivity index (χ3n) is 1.33.